The maximum Gasteiger partial charge on any atom is 0.258 e. The fourth-order valence-corrected chi connectivity index (χ4v) is 6.76. The molecule has 0 aromatic heterocycles. The van der Waals surface area contributed by atoms with Crippen molar-refractivity contribution in [3.05, 3.63) is 54.6 Å². The van der Waals surface area contributed by atoms with Crippen LogP contribution in [0.25, 0.3) is 0 Å². The summed E-state index contributed by atoms with van der Waals surface area (Å²) >= 11 is 1.38. The topological polar surface area (TPSA) is 97.4 Å². The summed E-state index contributed by atoms with van der Waals surface area (Å²) < 4.78 is 39.9. The van der Waals surface area contributed by atoms with Gasteiger partial charge in [0.1, 0.15) is 0 Å². The number of hydroxylamine groups is 1. The van der Waals surface area contributed by atoms with Crippen molar-refractivity contribution in [3.8, 4) is 0 Å². The number of ether oxygens (including phenoxy) is 2. The van der Waals surface area contributed by atoms with Crippen LogP contribution in [0.3, 0.4) is 0 Å². The molecule has 1 atom stereocenters. The number of sulfonamides is 1. The number of nitrogens with one attached hydrogen (secondary N) is 1. The van der Waals surface area contributed by atoms with Gasteiger partial charge in [-0.3, -0.25) is 9.69 Å². The van der Waals surface area contributed by atoms with Crippen molar-refractivity contribution in [2.24, 2.45) is 0 Å². The summed E-state index contributed by atoms with van der Waals surface area (Å²) in [7, 11) is -3.98. The van der Waals surface area contributed by atoms with Crippen LogP contribution in [-0.4, -0.2) is 82.4 Å². The van der Waals surface area contributed by atoms with Crippen LogP contribution in [-0.2, 0) is 29.1 Å². The van der Waals surface area contributed by atoms with Gasteiger partial charge >= 0.3 is 0 Å². The van der Waals surface area contributed by atoms with Crippen LogP contribution in [0.1, 0.15) is 19.3 Å². The highest BCUT2D eigenvalue weighted by atomic mass is 32.2. The number of carbonyl (C=O) groups excluding carboxylic acids is 1. The molecular weight excluding hydrogens is 502 g/mol. The normalized spacial score (nSPS) is 19.3. The Morgan fingerprint density at radius 2 is 1.81 bits per heavy atom. The minimum atomic E-state index is -3.98. The van der Waals surface area contributed by atoms with Crippen molar-refractivity contribution in [1.82, 2.24) is 14.7 Å². The predicted octanol–water partition coefficient (Wildman–Crippen LogP) is 2.74. The first-order valence-corrected chi connectivity index (χ1v) is 14.5. The molecule has 9 nitrogen and oxygen atoms in total. The van der Waals surface area contributed by atoms with Gasteiger partial charge in [-0.25, -0.2) is 18.7 Å². The fraction of sp³-hybridized carbons (Fsp3) is 0.480. The summed E-state index contributed by atoms with van der Waals surface area (Å²) in [5.74, 6) is -0.539. The molecule has 2 heterocycles. The quantitative estimate of drug-likeness (QED) is 0.439. The Labute approximate surface area is 217 Å². The number of benzene rings is 2. The van der Waals surface area contributed by atoms with Crippen molar-refractivity contribution >= 4 is 27.7 Å². The minimum Gasteiger partial charge on any atom is -0.379 e. The van der Waals surface area contributed by atoms with Gasteiger partial charge in [-0.05, 0) is 37.1 Å². The Morgan fingerprint density at radius 1 is 1.06 bits per heavy atom. The third-order valence-electron chi connectivity index (χ3n) is 5.97. The standard InChI is InChI=1S/C25H33N3O6S2/c29-24(26-34-25-12-6-7-17-33-25)20-28(14-13-27-15-18-32-19-16-27)36(30,31)23-11-5-4-10-22(23)35-21-8-2-1-3-9-21/h1-5,8-11,25H,6-7,12-20H2,(H,26,29). The molecule has 11 heteroatoms. The van der Waals surface area contributed by atoms with E-state index in [9.17, 15) is 13.2 Å². The molecule has 0 radical (unpaired) electrons. The molecule has 2 aliphatic rings. The van der Waals surface area contributed by atoms with Crippen LogP contribution in [0.5, 0.6) is 0 Å². The van der Waals surface area contributed by atoms with E-state index in [1.54, 1.807) is 18.2 Å². The van der Waals surface area contributed by atoms with Crippen LogP contribution >= 0.6 is 11.8 Å². The van der Waals surface area contributed by atoms with E-state index in [4.69, 9.17) is 14.3 Å². The average molecular weight is 536 g/mol. The number of hydrogen-bond acceptors (Lipinski definition) is 8. The molecular formula is C25H33N3O6S2. The smallest absolute Gasteiger partial charge is 0.258 e. The maximum absolute atomic E-state index is 13.9. The van der Waals surface area contributed by atoms with Crippen LogP contribution in [0.4, 0.5) is 0 Å². The molecule has 2 aliphatic heterocycles. The molecule has 1 unspecified atom stereocenters. The summed E-state index contributed by atoms with van der Waals surface area (Å²) in [5, 5.41) is 0. The Morgan fingerprint density at radius 3 is 2.56 bits per heavy atom. The summed E-state index contributed by atoms with van der Waals surface area (Å²) in [4.78, 5) is 22.0. The molecule has 0 spiro atoms. The molecule has 0 bridgehead atoms. The average Bonchev–Trinajstić information content (AvgIpc) is 2.92. The van der Waals surface area contributed by atoms with Gasteiger partial charge in [-0.15, -0.1) is 0 Å². The molecule has 2 saturated heterocycles. The second-order valence-electron chi connectivity index (χ2n) is 8.59. The van der Waals surface area contributed by atoms with Crippen LogP contribution in [0, 0.1) is 0 Å². The van der Waals surface area contributed by atoms with E-state index in [0.717, 1.165) is 30.8 Å². The zero-order chi connectivity index (χ0) is 25.2. The van der Waals surface area contributed by atoms with Gasteiger partial charge in [-0.1, -0.05) is 42.1 Å². The summed E-state index contributed by atoms with van der Waals surface area (Å²) in [5.41, 5.74) is 2.39. The van der Waals surface area contributed by atoms with E-state index in [1.165, 1.54) is 16.1 Å². The number of hydrogen-bond donors (Lipinski definition) is 1. The summed E-state index contributed by atoms with van der Waals surface area (Å²) in [6.45, 7) is 3.56. The molecule has 0 aliphatic carbocycles. The van der Waals surface area contributed by atoms with E-state index in [-0.39, 0.29) is 18.0 Å². The molecule has 2 fully saturated rings. The number of nitrogens with zero attached hydrogens (tertiary/aromatic N) is 2. The molecule has 4 rings (SSSR count). The second kappa shape index (κ2) is 13.5. The van der Waals surface area contributed by atoms with Crippen LogP contribution in [0.15, 0.2) is 69.3 Å². The molecule has 2 aromatic carbocycles. The highest BCUT2D eigenvalue weighted by Crippen LogP contribution is 2.34. The van der Waals surface area contributed by atoms with Gasteiger partial charge in [-0.2, -0.15) is 4.31 Å². The zero-order valence-electron chi connectivity index (χ0n) is 20.2. The Bertz CT molecular complexity index is 1070. The lowest BCUT2D eigenvalue weighted by Gasteiger charge is -2.30. The van der Waals surface area contributed by atoms with E-state index in [2.05, 4.69) is 10.4 Å². The molecule has 36 heavy (non-hydrogen) atoms. The van der Waals surface area contributed by atoms with Gasteiger partial charge in [0.2, 0.25) is 10.0 Å². The zero-order valence-corrected chi connectivity index (χ0v) is 21.8. The van der Waals surface area contributed by atoms with E-state index < -0.39 is 22.2 Å². The molecule has 0 saturated carbocycles. The largest absolute Gasteiger partial charge is 0.379 e. The number of amides is 1. The lowest BCUT2D eigenvalue weighted by molar-refractivity contribution is -0.200. The maximum atomic E-state index is 13.9. The SMILES string of the molecule is O=C(CN(CCN1CCOCC1)S(=O)(=O)c1ccccc1Sc1ccccc1)NOC1CCCCO1. The van der Waals surface area contributed by atoms with Gasteiger partial charge < -0.3 is 9.47 Å². The summed E-state index contributed by atoms with van der Waals surface area (Å²) in [6, 6.07) is 16.5. The van der Waals surface area contributed by atoms with Gasteiger partial charge in [0, 0.05) is 49.0 Å². The van der Waals surface area contributed by atoms with Crippen LogP contribution < -0.4 is 5.48 Å². The van der Waals surface area contributed by atoms with E-state index in [1.807, 2.05) is 36.4 Å². The number of carbonyl (C=O) groups is 1. The van der Waals surface area contributed by atoms with Crippen molar-refractivity contribution < 1.29 is 27.5 Å². The number of rotatable bonds is 11. The Hall–Kier alpha value is -1.99. The van der Waals surface area contributed by atoms with E-state index >= 15 is 0 Å². The first kappa shape index (κ1) is 27.1. The van der Waals surface area contributed by atoms with Crippen molar-refractivity contribution in [2.45, 2.75) is 40.2 Å². The van der Waals surface area contributed by atoms with Gasteiger partial charge in [0.05, 0.1) is 24.7 Å². The van der Waals surface area contributed by atoms with E-state index in [0.29, 0.717) is 37.7 Å². The Balaban J connectivity index is 1.50. The van der Waals surface area contributed by atoms with Crippen molar-refractivity contribution in [2.75, 3.05) is 52.5 Å². The van der Waals surface area contributed by atoms with Gasteiger partial charge in [0.25, 0.3) is 5.91 Å². The fourth-order valence-electron chi connectivity index (χ4n) is 3.99. The minimum absolute atomic E-state index is 0.167. The van der Waals surface area contributed by atoms with Crippen molar-refractivity contribution in [1.29, 1.82) is 0 Å². The summed E-state index contributed by atoms with van der Waals surface area (Å²) in [6.07, 6.45) is 2.09. The first-order valence-electron chi connectivity index (χ1n) is 12.2. The molecule has 1 amide bonds. The highest BCUT2D eigenvalue weighted by molar-refractivity contribution is 8.00. The van der Waals surface area contributed by atoms with Gasteiger partial charge in [0.15, 0.2) is 6.29 Å². The molecule has 1 N–H and O–H groups in total. The Kier molecular flexibility index (Phi) is 10.2. The third-order valence-corrected chi connectivity index (χ3v) is 9.09. The number of morpholine rings is 1. The molecule has 2 aromatic rings. The second-order valence-corrected chi connectivity index (χ2v) is 11.6. The third kappa shape index (κ3) is 7.75. The predicted molar refractivity (Wildman–Crippen MR) is 136 cm³/mol. The lowest BCUT2D eigenvalue weighted by Crippen LogP contribution is -2.47. The molecule has 196 valence electrons. The monoisotopic (exact) mass is 535 g/mol. The van der Waals surface area contributed by atoms with Crippen LogP contribution in [0.2, 0.25) is 0 Å². The highest BCUT2D eigenvalue weighted by Gasteiger charge is 2.30. The lowest BCUT2D eigenvalue weighted by atomic mass is 10.2. The van der Waals surface area contributed by atoms with Crippen molar-refractivity contribution in [3.63, 3.8) is 0 Å². The first-order chi connectivity index (χ1) is 17.5.